The number of benzene rings is 2. The largest absolute Gasteiger partial charge is 0.507 e. The summed E-state index contributed by atoms with van der Waals surface area (Å²) >= 11 is 9.03. The van der Waals surface area contributed by atoms with Gasteiger partial charge < -0.3 is 10.4 Å². The lowest BCUT2D eigenvalue weighted by atomic mass is 10.0. The lowest BCUT2D eigenvalue weighted by Gasteiger charge is -2.20. The zero-order chi connectivity index (χ0) is 20.0. The number of hydrazone groups is 1. The van der Waals surface area contributed by atoms with Crippen LogP contribution in [0, 0.1) is 5.92 Å². The quantitative estimate of drug-likeness (QED) is 0.461. The molecule has 0 spiro atoms. The molecule has 1 atom stereocenters. The number of rotatable bonds is 6. The molecule has 142 valence electrons. The van der Waals surface area contributed by atoms with E-state index in [2.05, 4.69) is 31.8 Å². The van der Waals surface area contributed by atoms with Gasteiger partial charge >= 0.3 is 0 Å². The van der Waals surface area contributed by atoms with Gasteiger partial charge in [-0.2, -0.15) is 5.10 Å². The van der Waals surface area contributed by atoms with Gasteiger partial charge in [0, 0.05) is 10.6 Å². The first-order valence-corrected chi connectivity index (χ1v) is 9.33. The Morgan fingerprint density at radius 2 is 1.85 bits per heavy atom. The third-order valence-electron chi connectivity index (χ3n) is 3.70. The first-order chi connectivity index (χ1) is 12.8. The van der Waals surface area contributed by atoms with E-state index in [1.807, 2.05) is 13.8 Å². The summed E-state index contributed by atoms with van der Waals surface area (Å²) in [5.74, 6) is -0.825. The normalized spacial score (nSPS) is 12.2. The van der Waals surface area contributed by atoms with E-state index in [0.29, 0.717) is 20.6 Å². The lowest BCUT2D eigenvalue weighted by molar-refractivity contribution is -0.123. The van der Waals surface area contributed by atoms with Crippen LogP contribution in [0.5, 0.6) is 5.75 Å². The number of hydrogen-bond donors (Lipinski definition) is 3. The summed E-state index contributed by atoms with van der Waals surface area (Å²) in [6.07, 6.45) is 1.44. The molecule has 2 amide bonds. The molecule has 0 fully saturated rings. The fraction of sp³-hybridized carbons (Fsp3) is 0.211. The van der Waals surface area contributed by atoms with Crippen LogP contribution in [-0.2, 0) is 4.79 Å². The molecule has 3 N–H and O–H groups in total. The molecule has 0 saturated heterocycles. The van der Waals surface area contributed by atoms with E-state index in [0.717, 1.165) is 0 Å². The Kier molecular flexibility index (Phi) is 7.38. The van der Waals surface area contributed by atoms with E-state index in [4.69, 9.17) is 11.6 Å². The monoisotopic (exact) mass is 451 g/mol. The topological polar surface area (TPSA) is 90.8 Å². The number of aromatic hydroxyl groups is 1. The number of hydrogen-bond acceptors (Lipinski definition) is 4. The molecule has 2 rings (SSSR count). The van der Waals surface area contributed by atoms with E-state index in [1.54, 1.807) is 36.4 Å². The predicted octanol–water partition coefficient (Wildman–Crippen LogP) is 3.71. The lowest BCUT2D eigenvalue weighted by Crippen LogP contribution is -2.48. The number of carbonyl (C=O) groups excluding carboxylic acids is 2. The SMILES string of the molecule is CC(C)C(NC(=O)c1ccc(Cl)cc1)C(=O)N/N=C/c1ccc(O)c(Br)c1. The van der Waals surface area contributed by atoms with Crippen molar-refractivity contribution in [3.8, 4) is 5.75 Å². The molecule has 0 bridgehead atoms. The minimum absolute atomic E-state index is 0.112. The van der Waals surface area contributed by atoms with Crippen molar-refractivity contribution in [2.45, 2.75) is 19.9 Å². The molecule has 0 saturated carbocycles. The number of amides is 2. The summed E-state index contributed by atoms with van der Waals surface area (Å²) in [5, 5.41) is 16.6. The van der Waals surface area contributed by atoms with Crippen LogP contribution in [-0.4, -0.2) is 29.2 Å². The van der Waals surface area contributed by atoms with Crippen LogP contribution in [0.15, 0.2) is 52.0 Å². The average molecular weight is 453 g/mol. The van der Waals surface area contributed by atoms with Gasteiger partial charge in [0.15, 0.2) is 0 Å². The molecule has 0 radical (unpaired) electrons. The Morgan fingerprint density at radius 1 is 1.19 bits per heavy atom. The molecule has 27 heavy (non-hydrogen) atoms. The molecule has 0 aliphatic carbocycles. The van der Waals surface area contributed by atoms with Gasteiger partial charge in [0.1, 0.15) is 11.8 Å². The molecule has 0 heterocycles. The van der Waals surface area contributed by atoms with Crippen molar-refractivity contribution in [3.05, 3.63) is 63.1 Å². The molecule has 0 aliphatic heterocycles. The second-order valence-corrected chi connectivity index (χ2v) is 7.44. The third-order valence-corrected chi connectivity index (χ3v) is 4.59. The number of nitrogens with one attached hydrogen (secondary N) is 2. The van der Waals surface area contributed by atoms with Crippen molar-refractivity contribution in [2.24, 2.45) is 11.0 Å². The molecule has 1 unspecified atom stereocenters. The highest BCUT2D eigenvalue weighted by atomic mass is 79.9. The molecule has 0 aromatic heterocycles. The highest BCUT2D eigenvalue weighted by Crippen LogP contribution is 2.23. The molecule has 8 heteroatoms. The van der Waals surface area contributed by atoms with Crippen molar-refractivity contribution in [1.82, 2.24) is 10.7 Å². The van der Waals surface area contributed by atoms with Crippen LogP contribution in [0.2, 0.25) is 5.02 Å². The Morgan fingerprint density at radius 3 is 2.44 bits per heavy atom. The van der Waals surface area contributed by atoms with Crippen LogP contribution in [0.3, 0.4) is 0 Å². The van der Waals surface area contributed by atoms with E-state index >= 15 is 0 Å². The molecular formula is C19H19BrClN3O3. The molecule has 2 aromatic carbocycles. The smallest absolute Gasteiger partial charge is 0.262 e. The number of carbonyl (C=O) groups is 2. The van der Waals surface area contributed by atoms with Crippen LogP contribution < -0.4 is 10.7 Å². The molecule has 2 aromatic rings. The maximum absolute atomic E-state index is 12.4. The van der Waals surface area contributed by atoms with E-state index in [1.165, 1.54) is 12.3 Å². The van der Waals surface area contributed by atoms with Gasteiger partial charge in [-0.1, -0.05) is 25.4 Å². The van der Waals surface area contributed by atoms with E-state index < -0.39 is 11.9 Å². The van der Waals surface area contributed by atoms with Crippen molar-refractivity contribution >= 4 is 45.6 Å². The number of nitrogens with zero attached hydrogens (tertiary/aromatic N) is 1. The van der Waals surface area contributed by atoms with Gasteiger partial charge in [0.25, 0.3) is 11.8 Å². The fourth-order valence-corrected chi connectivity index (χ4v) is 2.73. The van der Waals surface area contributed by atoms with Gasteiger partial charge in [-0.3, -0.25) is 9.59 Å². The first-order valence-electron chi connectivity index (χ1n) is 8.16. The number of halogens is 2. The summed E-state index contributed by atoms with van der Waals surface area (Å²) in [6.45, 7) is 3.65. The Labute approximate surface area is 170 Å². The third kappa shape index (κ3) is 6.08. The van der Waals surface area contributed by atoms with Crippen molar-refractivity contribution < 1.29 is 14.7 Å². The Balaban J connectivity index is 2.01. The van der Waals surface area contributed by atoms with Gasteiger partial charge in [0.2, 0.25) is 0 Å². The van der Waals surface area contributed by atoms with Crippen molar-refractivity contribution in [3.63, 3.8) is 0 Å². The van der Waals surface area contributed by atoms with E-state index in [-0.39, 0.29) is 17.6 Å². The summed E-state index contributed by atoms with van der Waals surface area (Å²) in [4.78, 5) is 24.7. The highest BCUT2D eigenvalue weighted by Gasteiger charge is 2.24. The minimum atomic E-state index is -0.753. The van der Waals surface area contributed by atoms with Crippen LogP contribution in [0.1, 0.15) is 29.8 Å². The van der Waals surface area contributed by atoms with Crippen LogP contribution in [0.25, 0.3) is 0 Å². The van der Waals surface area contributed by atoms with Gasteiger partial charge in [-0.25, -0.2) is 5.43 Å². The van der Waals surface area contributed by atoms with Crippen LogP contribution in [0.4, 0.5) is 0 Å². The standard InChI is InChI=1S/C19H19BrClN3O3/c1-11(2)17(23-18(26)13-4-6-14(21)7-5-13)19(27)24-22-10-12-3-8-16(25)15(20)9-12/h3-11,17,25H,1-2H3,(H,23,26)(H,24,27)/b22-10+. The van der Waals surface area contributed by atoms with E-state index in [9.17, 15) is 14.7 Å². The van der Waals surface area contributed by atoms with Gasteiger partial charge in [-0.15, -0.1) is 0 Å². The molecular weight excluding hydrogens is 434 g/mol. The molecule has 6 nitrogen and oxygen atoms in total. The maximum Gasteiger partial charge on any atom is 0.262 e. The number of phenolic OH excluding ortho intramolecular Hbond substituents is 1. The minimum Gasteiger partial charge on any atom is -0.507 e. The van der Waals surface area contributed by atoms with Crippen molar-refractivity contribution in [1.29, 1.82) is 0 Å². The summed E-state index contributed by atoms with van der Waals surface area (Å²) in [6, 6.07) is 10.5. The van der Waals surface area contributed by atoms with Crippen LogP contribution >= 0.6 is 27.5 Å². The predicted molar refractivity (Wildman–Crippen MR) is 109 cm³/mol. The second kappa shape index (κ2) is 9.53. The second-order valence-electron chi connectivity index (χ2n) is 6.15. The fourth-order valence-electron chi connectivity index (χ4n) is 2.20. The zero-order valence-corrected chi connectivity index (χ0v) is 17.1. The zero-order valence-electron chi connectivity index (χ0n) is 14.7. The summed E-state index contributed by atoms with van der Waals surface area (Å²) in [7, 11) is 0. The summed E-state index contributed by atoms with van der Waals surface area (Å²) < 4.78 is 0.521. The Hall–Kier alpha value is -2.38. The van der Waals surface area contributed by atoms with Gasteiger partial charge in [0.05, 0.1) is 10.7 Å². The number of phenols is 1. The molecule has 0 aliphatic rings. The highest BCUT2D eigenvalue weighted by molar-refractivity contribution is 9.10. The average Bonchev–Trinajstić information content (AvgIpc) is 2.62. The maximum atomic E-state index is 12.4. The summed E-state index contributed by atoms with van der Waals surface area (Å²) in [5.41, 5.74) is 3.53. The van der Waals surface area contributed by atoms with Crippen molar-refractivity contribution in [2.75, 3.05) is 0 Å². The Bertz CT molecular complexity index is 854. The first kappa shape index (κ1) is 20.9. The van der Waals surface area contributed by atoms with Gasteiger partial charge in [-0.05, 0) is 69.9 Å².